The average Bonchev–Trinajstić information content (AvgIpc) is 2.31. The molecule has 94 valence electrons. The minimum Gasteiger partial charge on any atom is -0.493 e. The normalized spacial score (nSPS) is 11.9. The first-order chi connectivity index (χ1) is 8.13. The Morgan fingerprint density at radius 1 is 1.47 bits per heavy atom. The Morgan fingerprint density at radius 2 is 2.18 bits per heavy atom. The van der Waals surface area contributed by atoms with E-state index >= 15 is 0 Å². The summed E-state index contributed by atoms with van der Waals surface area (Å²) in [6.45, 7) is 2.41. The summed E-state index contributed by atoms with van der Waals surface area (Å²) in [4.78, 5) is 11.0. The highest BCUT2D eigenvalue weighted by Crippen LogP contribution is 2.30. The monoisotopic (exact) mass is 239 g/mol. The summed E-state index contributed by atoms with van der Waals surface area (Å²) in [6.07, 6.45) is 0. The minimum atomic E-state index is -0.932. The van der Waals surface area contributed by atoms with Gasteiger partial charge in [-0.05, 0) is 31.7 Å². The number of carboxylic acid groups (broad SMARTS) is 1. The van der Waals surface area contributed by atoms with Crippen LogP contribution in [0.4, 0.5) is 0 Å². The maximum absolute atomic E-state index is 11.0. The lowest BCUT2D eigenvalue weighted by atomic mass is 10.1. The zero-order valence-corrected chi connectivity index (χ0v) is 10.2. The summed E-state index contributed by atoms with van der Waals surface area (Å²) in [5.74, 6) is 0.212. The summed E-state index contributed by atoms with van der Waals surface area (Å²) < 4.78 is 10.5. The topological polar surface area (TPSA) is 67.8 Å². The maximum Gasteiger partial charge on any atom is 0.325 e. The van der Waals surface area contributed by atoms with Crippen molar-refractivity contribution in [1.29, 1.82) is 0 Å². The molecule has 0 saturated carbocycles. The number of likely N-dealkylation sites (N-methyl/N-ethyl adjacent to an activating group) is 1. The highest BCUT2D eigenvalue weighted by molar-refractivity contribution is 5.75. The number of hydrogen-bond donors (Lipinski definition) is 2. The smallest absolute Gasteiger partial charge is 0.325 e. The molecule has 0 saturated heterocycles. The van der Waals surface area contributed by atoms with Gasteiger partial charge in [-0.2, -0.15) is 0 Å². The van der Waals surface area contributed by atoms with E-state index in [1.807, 2.05) is 6.92 Å². The molecule has 0 aliphatic heterocycles. The van der Waals surface area contributed by atoms with Crippen molar-refractivity contribution in [1.82, 2.24) is 5.32 Å². The van der Waals surface area contributed by atoms with Crippen LogP contribution in [0.15, 0.2) is 18.2 Å². The first-order valence-corrected chi connectivity index (χ1v) is 5.34. The van der Waals surface area contributed by atoms with Crippen LogP contribution in [0.2, 0.25) is 0 Å². The molecular formula is C12H17NO4. The number of aliphatic carboxylic acids is 1. The highest BCUT2D eigenvalue weighted by atomic mass is 16.5. The minimum absolute atomic E-state index is 0.532. The third-order valence-corrected chi connectivity index (χ3v) is 2.36. The van der Waals surface area contributed by atoms with Crippen molar-refractivity contribution in [3.05, 3.63) is 23.8 Å². The lowest BCUT2D eigenvalue weighted by molar-refractivity contribution is -0.139. The molecule has 0 heterocycles. The van der Waals surface area contributed by atoms with Crippen LogP contribution in [-0.4, -0.2) is 31.8 Å². The zero-order chi connectivity index (χ0) is 12.8. The molecule has 0 aliphatic rings. The van der Waals surface area contributed by atoms with Crippen LogP contribution in [0.5, 0.6) is 11.5 Å². The summed E-state index contributed by atoms with van der Waals surface area (Å²) in [7, 11) is 3.12. The Kier molecular flexibility index (Phi) is 4.78. The Balaban J connectivity index is 3.07. The van der Waals surface area contributed by atoms with Gasteiger partial charge in [0, 0.05) is 0 Å². The molecule has 0 aliphatic carbocycles. The van der Waals surface area contributed by atoms with E-state index in [4.69, 9.17) is 14.6 Å². The van der Waals surface area contributed by atoms with Gasteiger partial charge in [-0.15, -0.1) is 0 Å². The van der Waals surface area contributed by atoms with E-state index in [0.717, 1.165) is 0 Å². The quantitative estimate of drug-likeness (QED) is 0.786. The van der Waals surface area contributed by atoms with Gasteiger partial charge in [0.15, 0.2) is 11.5 Å². The van der Waals surface area contributed by atoms with Gasteiger partial charge in [0.05, 0.1) is 13.7 Å². The molecule has 0 aromatic heterocycles. The number of carboxylic acids is 1. The zero-order valence-electron chi connectivity index (χ0n) is 10.2. The molecule has 2 N–H and O–H groups in total. The van der Waals surface area contributed by atoms with Crippen molar-refractivity contribution in [3.8, 4) is 11.5 Å². The van der Waals surface area contributed by atoms with Crippen LogP contribution in [0.3, 0.4) is 0 Å². The Morgan fingerprint density at radius 3 is 2.65 bits per heavy atom. The largest absolute Gasteiger partial charge is 0.493 e. The van der Waals surface area contributed by atoms with Gasteiger partial charge >= 0.3 is 5.97 Å². The van der Waals surface area contributed by atoms with E-state index < -0.39 is 12.0 Å². The first kappa shape index (κ1) is 13.3. The molecule has 5 nitrogen and oxygen atoms in total. The Hall–Kier alpha value is -1.75. The fourth-order valence-corrected chi connectivity index (χ4v) is 1.57. The molecule has 1 aromatic rings. The van der Waals surface area contributed by atoms with Gasteiger partial charge < -0.3 is 19.9 Å². The molecule has 0 spiro atoms. The standard InChI is InChI=1S/C12H17NO4/c1-4-17-9-6-5-8(7-10(9)16-3)11(13-2)12(14)15/h5-7,11,13H,4H2,1-3H3,(H,14,15). The second-order valence-electron chi connectivity index (χ2n) is 3.40. The van der Waals surface area contributed by atoms with Crippen LogP contribution in [0.25, 0.3) is 0 Å². The van der Waals surface area contributed by atoms with Crippen molar-refractivity contribution in [2.75, 3.05) is 20.8 Å². The maximum atomic E-state index is 11.0. The van der Waals surface area contributed by atoms with Crippen molar-refractivity contribution >= 4 is 5.97 Å². The molecule has 1 unspecified atom stereocenters. The molecule has 5 heteroatoms. The third kappa shape index (κ3) is 3.10. The highest BCUT2D eigenvalue weighted by Gasteiger charge is 2.19. The van der Waals surface area contributed by atoms with E-state index in [0.29, 0.717) is 23.7 Å². The average molecular weight is 239 g/mol. The SMILES string of the molecule is CCOc1ccc(C(NC)C(=O)O)cc1OC. The van der Waals surface area contributed by atoms with Crippen LogP contribution >= 0.6 is 0 Å². The summed E-state index contributed by atoms with van der Waals surface area (Å²) in [5.41, 5.74) is 0.625. The lowest BCUT2D eigenvalue weighted by Gasteiger charge is -2.15. The van der Waals surface area contributed by atoms with Gasteiger partial charge in [-0.25, -0.2) is 0 Å². The van der Waals surface area contributed by atoms with Gasteiger partial charge in [0.25, 0.3) is 0 Å². The molecule has 0 radical (unpaired) electrons. The van der Waals surface area contributed by atoms with E-state index in [1.54, 1.807) is 25.2 Å². The van der Waals surface area contributed by atoms with Crippen molar-refractivity contribution in [2.45, 2.75) is 13.0 Å². The third-order valence-electron chi connectivity index (χ3n) is 2.36. The summed E-state index contributed by atoms with van der Waals surface area (Å²) in [6, 6.07) is 4.34. The number of nitrogens with one attached hydrogen (secondary N) is 1. The van der Waals surface area contributed by atoms with Gasteiger partial charge in [-0.1, -0.05) is 6.07 Å². The Bertz CT molecular complexity index is 392. The van der Waals surface area contributed by atoms with Crippen LogP contribution in [-0.2, 0) is 4.79 Å². The van der Waals surface area contributed by atoms with Gasteiger partial charge in [0.2, 0.25) is 0 Å². The van der Waals surface area contributed by atoms with E-state index in [1.165, 1.54) is 7.11 Å². The fraction of sp³-hybridized carbons (Fsp3) is 0.417. The number of carbonyl (C=O) groups is 1. The van der Waals surface area contributed by atoms with Crippen molar-refractivity contribution in [2.24, 2.45) is 0 Å². The number of ether oxygens (including phenoxy) is 2. The van der Waals surface area contributed by atoms with Crippen molar-refractivity contribution in [3.63, 3.8) is 0 Å². The van der Waals surface area contributed by atoms with Crippen LogP contribution in [0, 0.1) is 0 Å². The van der Waals surface area contributed by atoms with Gasteiger partial charge in [-0.3, -0.25) is 4.79 Å². The Labute approximate surface area is 100 Å². The number of rotatable bonds is 6. The van der Waals surface area contributed by atoms with E-state index in [2.05, 4.69) is 5.32 Å². The fourth-order valence-electron chi connectivity index (χ4n) is 1.57. The molecule has 0 fully saturated rings. The predicted octanol–water partition coefficient (Wildman–Crippen LogP) is 1.44. The molecule has 1 atom stereocenters. The summed E-state index contributed by atoms with van der Waals surface area (Å²) in [5, 5.41) is 11.8. The van der Waals surface area contributed by atoms with Crippen LogP contribution < -0.4 is 14.8 Å². The second kappa shape index (κ2) is 6.10. The molecule has 0 amide bonds. The summed E-state index contributed by atoms with van der Waals surface area (Å²) >= 11 is 0. The van der Waals surface area contributed by atoms with Crippen LogP contribution in [0.1, 0.15) is 18.5 Å². The van der Waals surface area contributed by atoms with Gasteiger partial charge in [0.1, 0.15) is 6.04 Å². The predicted molar refractivity (Wildman–Crippen MR) is 63.6 cm³/mol. The van der Waals surface area contributed by atoms with E-state index in [9.17, 15) is 4.79 Å². The number of benzene rings is 1. The number of methoxy groups -OCH3 is 1. The number of hydrogen-bond acceptors (Lipinski definition) is 4. The molecule has 0 bridgehead atoms. The first-order valence-electron chi connectivity index (χ1n) is 5.34. The molecule has 1 aromatic carbocycles. The molecule has 17 heavy (non-hydrogen) atoms. The second-order valence-corrected chi connectivity index (χ2v) is 3.40. The van der Waals surface area contributed by atoms with Crippen molar-refractivity contribution < 1.29 is 19.4 Å². The lowest BCUT2D eigenvalue weighted by Crippen LogP contribution is -2.24. The molecular weight excluding hydrogens is 222 g/mol. The molecule has 1 rings (SSSR count). The van der Waals surface area contributed by atoms with E-state index in [-0.39, 0.29) is 0 Å².